The van der Waals surface area contributed by atoms with Gasteiger partial charge in [-0.05, 0) is 35.9 Å². The number of carbonyl (C=O) groups is 1. The number of primary sulfonamides is 1. The average Bonchev–Trinajstić information content (AvgIpc) is 2.68. The fraction of sp³-hybridized carbons (Fsp3) is 0.278. The highest BCUT2D eigenvalue weighted by Gasteiger charge is 2.22. The molecule has 150 valence electrons. The summed E-state index contributed by atoms with van der Waals surface area (Å²) in [5.74, 6) is -0.668. The number of benzene rings is 2. The van der Waals surface area contributed by atoms with E-state index in [2.05, 4.69) is 0 Å². The van der Waals surface area contributed by atoms with Crippen LogP contribution in [0.3, 0.4) is 0 Å². The molecule has 10 heteroatoms. The molecule has 0 atom stereocenters. The standard InChI is InChI=1S/C18H18Cl2N2O5S/c19-15-3-1-12(9-16(15)20)11-27-18(23)14-10-13(28(21,24)25)2-4-17(14)22-5-7-26-8-6-22/h1-4,9-10H,5-8,11H2,(H2,21,24,25). The first kappa shape index (κ1) is 20.9. The third-order valence-corrected chi connectivity index (χ3v) is 5.87. The summed E-state index contributed by atoms with van der Waals surface area (Å²) >= 11 is 11.9. The molecule has 1 heterocycles. The van der Waals surface area contributed by atoms with Crippen molar-refractivity contribution in [3.63, 3.8) is 0 Å². The summed E-state index contributed by atoms with van der Waals surface area (Å²) in [4.78, 5) is 14.5. The largest absolute Gasteiger partial charge is 0.457 e. The van der Waals surface area contributed by atoms with Gasteiger partial charge in [0.2, 0.25) is 10.0 Å². The third-order valence-electron chi connectivity index (χ3n) is 4.22. The lowest BCUT2D eigenvalue weighted by Crippen LogP contribution is -2.37. The Kier molecular flexibility index (Phi) is 6.47. The number of nitrogens with zero attached hydrogens (tertiary/aromatic N) is 1. The van der Waals surface area contributed by atoms with Crippen LogP contribution >= 0.6 is 23.2 Å². The van der Waals surface area contributed by atoms with Gasteiger partial charge in [0.1, 0.15) is 6.61 Å². The van der Waals surface area contributed by atoms with Gasteiger partial charge in [-0.15, -0.1) is 0 Å². The molecule has 0 aliphatic carbocycles. The molecule has 0 radical (unpaired) electrons. The molecular formula is C18H18Cl2N2O5S. The molecule has 0 spiro atoms. The maximum Gasteiger partial charge on any atom is 0.340 e. The Hall–Kier alpha value is -1.84. The topological polar surface area (TPSA) is 98.9 Å². The van der Waals surface area contributed by atoms with Crippen molar-refractivity contribution in [2.45, 2.75) is 11.5 Å². The van der Waals surface area contributed by atoms with Gasteiger partial charge in [-0.1, -0.05) is 29.3 Å². The van der Waals surface area contributed by atoms with E-state index in [0.29, 0.717) is 47.6 Å². The zero-order valence-corrected chi connectivity index (χ0v) is 17.1. The molecule has 0 amide bonds. The molecule has 2 N–H and O–H groups in total. The smallest absolute Gasteiger partial charge is 0.340 e. The normalized spacial score (nSPS) is 14.8. The fourth-order valence-electron chi connectivity index (χ4n) is 2.79. The van der Waals surface area contributed by atoms with E-state index < -0.39 is 16.0 Å². The van der Waals surface area contributed by atoms with Gasteiger partial charge in [0.15, 0.2) is 0 Å². The van der Waals surface area contributed by atoms with Crippen LogP contribution in [0.5, 0.6) is 0 Å². The van der Waals surface area contributed by atoms with E-state index in [1.165, 1.54) is 12.1 Å². The molecule has 0 saturated carbocycles. The van der Waals surface area contributed by atoms with Crippen LogP contribution in [-0.4, -0.2) is 40.7 Å². The van der Waals surface area contributed by atoms with Gasteiger partial charge >= 0.3 is 5.97 Å². The van der Waals surface area contributed by atoms with E-state index in [1.54, 1.807) is 24.3 Å². The Morgan fingerprint density at radius 1 is 1.11 bits per heavy atom. The minimum absolute atomic E-state index is 0.0438. The van der Waals surface area contributed by atoms with E-state index >= 15 is 0 Å². The molecule has 0 unspecified atom stereocenters. The lowest BCUT2D eigenvalue weighted by molar-refractivity contribution is 0.0472. The second kappa shape index (κ2) is 8.67. The number of carbonyl (C=O) groups excluding carboxylic acids is 1. The van der Waals surface area contributed by atoms with E-state index in [9.17, 15) is 13.2 Å². The fourth-order valence-corrected chi connectivity index (χ4v) is 3.65. The SMILES string of the molecule is NS(=O)(=O)c1ccc(N2CCOCC2)c(C(=O)OCc2ccc(Cl)c(Cl)c2)c1. The van der Waals surface area contributed by atoms with Gasteiger partial charge in [0.25, 0.3) is 0 Å². The van der Waals surface area contributed by atoms with Crippen molar-refractivity contribution in [3.8, 4) is 0 Å². The molecule has 1 aliphatic rings. The van der Waals surface area contributed by atoms with E-state index in [4.69, 9.17) is 37.8 Å². The van der Waals surface area contributed by atoms with Crippen LogP contribution in [0, 0.1) is 0 Å². The molecule has 7 nitrogen and oxygen atoms in total. The quantitative estimate of drug-likeness (QED) is 0.711. The summed E-state index contributed by atoms with van der Waals surface area (Å²) in [7, 11) is -3.97. The van der Waals surface area contributed by atoms with Gasteiger partial charge in [-0.25, -0.2) is 18.4 Å². The minimum Gasteiger partial charge on any atom is -0.457 e. The number of sulfonamides is 1. The maximum atomic E-state index is 12.7. The number of esters is 1. The predicted molar refractivity (Wildman–Crippen MR) is 106 cm³/mol. The van der Waals surface area contributed by atoms with Gasteiger partial charge in [-0.3, -0.25) is 0 Å². The number of ether oxygens (including phenoxy) is 2. The summed E-state index contributed by atoms with van der Waals surface area (Å²) < 4.78 is 34.1. The van der Waals surface area contributed by atoms with Crippen LogP contribution in [0.25, 0.3) is 0 Å². The summed E-state index contributed by atoms with van der Waals surface area (Å²) in [6, 6.07) is 9.05. The van der Waals surface area contributed by atoms with Crippen molar-refractivity contribution in [3.05, 3.63) is 57.6 Å². The maximum absolute atomic E-state index is 12.7. The van der Waals surface area contributed by atoms with Crippen molar-refractivity contribution < 1.29 is 22.7 Å². The van der Waals surface area contributed by atoms with E-state index in [-0.39, 0.29) is 17.1 Å². The van der Waals surface area contributed by atoms with Crippen LogP contribution in [-0.2, 0) is 26.1 Å². The van der Waals surface area contributed by atoms with Crippen LogP contribution < -0.4 is 10.0 Å². The molecule has 28 heavy (non-hydrogen) atoms. The second-order valence-electron chi connectivity index (χ2n) is 6.15. The van der Waals surface area contributed by atoms with Gasteiger partial charge in [0.05, 0.1) is 39.4 Å². The Morgan fingerprint density at radius 2 is 1.82 bits per heavy atom. The van der Waals surface area contributed by atoms with Crippen LogP contribution in [0.2, 0.25) is 10.0 Å². The average molecular weight is 445 g/mol. The highest BCUT2D eigenvalue weighted by atomic mass is 35.5. The molecule has 2 aromatic carbocycles. The highest BCUT2D eigenvalue weighted by Crippen LogP contribution is 2.27. The molecular weight excluding hydrogens is 427 g/mol. The molecule has 0 aromatic heterocycles. The number of halogens is 2. The van der Waals surface area contributed by atoms with E-state index in [0.717, 1.165) is 0 Å². The lowest BCUT2D eigenvalue weighted by Gasteiger charge is -2.30. The van der Waals surface area contributed by atoms with Gasteiger partial charge in [0, 0.05) is 13.1 Å². The number of nitrogens with two attached hydrogens (primary N) is 1. The Morgan fingerprint density at radius 3 is 2.46 bits per heavy atom. The van der Waals surface area contributed by atoms with Crippen molar-refractivity contribution in [2.24, 2.45) is 5.14 Å². The summed E-state index contributed by atoms with van der Waals surface area (Å²) in [5.41, 5.74) is 1.33. The predicted octanol–water partition coefficient (Wildman–Crippen LogP) is 2.83. The number of anilines is 1. The van der Waals surface area contributed by atoms with Gasteiger partial charge in [-0.2, -0.15) is 0 Å². The van der Waals surface area contributed by atoms with Crippen LogP contribution in [0.4, 0.5) is 5.69 Å². The monoisotopic (exact) mass is 444 g/mol. The number of rotatable bonds is 5. The zero-order valence-electron chi connectivity index (χ0n) is 14.7. The van der Waals surface area contributed by atoms with E-state index in [1.807, 2.05) is 4.90 Å². The van der Waals surface area contributed by atoms with Crippen molar-refractivity contribution in [1.82, 2.24) is 0 Å². The third kappa shape index (κ3) is 4.95. The highest BCUT2D eigenvalue weighted by molar-refractivity contribution is 7.89. The molecule has 2 aromatic rings. The summed E-state index contributed by atoms with van der Waals surface area (Å²) in [6.45, 7) is 2.12. The van der Waals surface area contributed by atoms with Gasteiger partial charge < -0.3 is 14.4 Å². The Balaban J connectivity index is 1.87. The lowest BCUT2D eigenvalue weighted by atomic mass is 10.1. The van der Waals surface area contributed by atoms with Crippen molar-refractivity contribution in [1.29, 1.82) is 0 Å². The Labute approximate surface area is 173 Å². The van der Waals surface area contributed by atoms with Crippen molar-refractivity contribution in [2.75, 3.05) is 31.2 Å². The van der Waals surface area contributed by atoms with Crippen molar-refractivity contribution >= 4 is 44.9 Å². The molecule has 1 aliphatic heterocycles. The minimum atomic E-state index is -3.97. The molecule has 3 rings (SSSR count). The summed E-state index contributed by atoms with van der Waals surface area (Å²) in [6.07, 6.45) is 0. The van der Waals surface area contributed by atoms with Crippen LogP contribution in [0.1, 0.15) is 15.9 Å². The number of hydrogen-bond donors (Lipinski definition) is 1. The summed E-state index contributed by atoms with van der Waals surface area (Å²) in [5, 5.41) is 5.95. The number of hydrogen-bond acceptors (Lipinski definition) is 6. The zero-order chi connectivity index (χ0) is 20.3. The first-order valence-electron chi connectivity index (χ1n) is 8.36. The first-order valence-corrected chi connectivity index (χ1v) is 10.7. The first-order chi connectivity index (χ1) is 13.3. The number of morpholine rings is 1. The molecule has 1 saturated heterocycles. The Bertz CT molecular complexity index is 991. The molecule has 1 fully saturated rings. The molecule has 0 bridgehead atoms. The second-order valence-corrected chi connectivity index (χ2v) is 8.52. The van der Waals surface area contributed by atoms with Crippen LogP contribution in [0.15, 0.2) is 41.3 Å².